The van der Waals surface area contributed by atoms with Gasteiger partial charge in [-0.15, -0.1) is 0 Å². The zero-order chi connectivity index (χ0) is 45.9. The average molecular weight is 888 g/mol. The number of amides is 1. The Balaban J connectivity index is 1.92. The summed E-state index contributed by atoms with van der Waals surface area (Å²) in [6.07, 6.45) is 52.7. The highest BCUT2D eigenvalue weighted by molar-refractivity contribution is 5.76. The molecule has 1 saturated heterocycles. The van der Waals surface area contributed by atoms with Gasteiger partial charge in [-0.1, -0.05) is 222 Å². The van der Waals surface area contributed by atoms with Crippen molar-refractivity contribution in [3.63, 3.8) is 0 Å². The molecule has 1 rings (SSSR count). The van der Waals surface area contributed by atoms with E-state index in [1.165, 1.54) is 141 Å². The number of allylic oxidation sites excluding steroid dienone is 9. The summed E-state index contributed by atoms with van der Waals surface area (Å²) >= 11 is 0. The van der Waals surface area contributed by atoms with E-state index in [0.717, 1.165) is 57.8 Å². The molecule has 7 atom stereocenters. The molecule has 0 saturated carbocycles. The molecule has 1 amide bonds. The Morgan fingerprint density at radius 3 is 1.43 bits per heavy atom. The van der Waals surface area contributed by atoms with Crippen LogP contribution in [0.3, 0.4) is 0 Å². The lowest BCUT2D eigenvalue weighted by Gasteiger charge is -2.40. The minimum atomic E-state index is -1.56. The highest BCUT2D eigenvalue weighted by Crippen LogP contribution is 2.23. The monoisotopic (exact) mass is 888 g/mol. The van der Waals surface area contributed by atoms with E-state index < -0.39 is 49.5 Å². The molecule has 0 aromatic heterocycles. The molecule has 0 aliphatic carbocycles. The molecule has 0 aromatic rings. The second kappa shape index (κ2) is 43.8. The van der Waals surface area contributed by atoms with Crippen LogP contribution in [0.25, 0.3) is 0 Å². The van der Waals surface area contributed by atoms with Crippen molar-refractivity contribution in [2.24, 2.45) is 0 Å². The zero-order valence-electron chi connectivity index (χ0n) is 40.3. The number of ether oxygens (including phenoxy) is 2. The van der Waals surface area contributed by atoms with E-state index in [-0.39, 0.29) is 12.5 Å². The predicted molar refractivity (Wildman–Crippen MR) is 262 cm³/mol. The Kier molecular flexibility index (Phi) is 40.9. The summed E-state index contributed by atoms with van der Waals surface area (Å²) in [6.45, 7) is 3.44. The maximum atomic E-state index is 12.8. The molecule has 9 nitrogen and oxygen atoms in total. The van der Waals surface area contributed by atoms with Crippen molar-refractivity contribution in [2.75, 3.05) is 13.2 Å². The molecule has 0 bridgehead atoms. The summed E-state index contributed by atoms with van der Waals surface area (Å²) in [5.41, 5.74) is 0. The SMILES string of the molecule is CC/C=C\C/C=C\C/C=C\C/C=C\CCCCCCCCCCCCCCCCCCCCCCCCCCC(=O)NC(COC1OC(CO)C(O)C(O)C1O)C(O)/C=C/CCC. The van der Waals surface area contributed by atoms with Crippen LogP contribution in [-0.4, -0.2) is 87.5 Å². The first kappa shape index (κ1) is 58.9. The number of hydrogen-bond acceptors (Lipinski definition) is 8. The molecule has 0 radical (unpaired) electrons. The van der Waals surface area contributed by atoms with Crippen molar-refractivity contribution in [1.29, 1.82) is 0 Å². The Hall–Kier alpha value is -2.11. The van der Waals surface area contributed by atoms with Gasteiger partial charge in [-0.2, -0.15) is 0 Å². The molecule has 1 heterocycles. The van der Waals surface area contributed by atoms with Gasteiger partial charge < -0.3 is 40.3 Å². The Morgan fingerprint density at radius 1 is 0.556 bits per heavy atom. The third-order valence-electron chi connectivity index (χ3n) is 12.1. The predicted octanol–water partition coefficient (Wildman–Crippen LogP) is 12.0. The Labute approximate surface area is 386 Å². The van der Waals surface area contributed by atoms with Crippen molar-refractivity contribution in [1.82, 2.24) is 5.32 Å². The van der Waals surface area contributed by atoms with Gasteiger partial charge in [-0.3, -0.25) is 4.79 Å². The molecular weight excluding hydrogens is 791 g/mol. The topological polar surface area (TPSA) is 149 Å². The summed E-state index contributed by atoms with van der Waals surface area (Å²) < 4.78 is 11.1. The van der Waals surface area contributed by atoms with Crippen LogP contribution in [0.5, 0.6) is 0 Å². The largest absolute Gasteiger partial charge is 0.394 e. The maximum Gasteiger partial charge on any atom is 0.220 e. The van der Waals surface area contributed by atoms with Crippen molar-refractivity contribution in [3.8, 4) is 0 Å². The molecule has 63 heavy (non-hydrogen) atoms. The van der Waals surface area contributed by atoms with Gasteiger partial charge in [0.25, 0.3) is 0 Å². The zero-order valence-corrected chi connectivity index (χ0v) is 40.3. The molecular formula is C54H97NO8. The first-order chi connectivity index (χ1) is 30.8. The number of hydrogen-bond donors (Lipinski definition) is 6. The molecule has 1 aliphatic rings. The number of aliphatic hydroxyl groups is 5. The molecule has 6 N–H and O–H groups in total. The maximum absolute atomic E-state index is 12.8. The van der Waals surface area contributed by atoms with E-state index in [1.54, 1.807) is 6.08 Å². The standard InChI is InChI=1S/C54H97NO8/c1-3-5-7-8-9-10-11-12-13-14-15-16-17-18-19-20-21-22-23-24-25-26-27-28-29-30-31-32-33-34-35-36-37-38-39-40-42-44-50(58)55-47(48(57)43-41-6-4-2)46-62-54-53(61)52(60)51(59)49(45-56)63-54/h5,7,9-10,12-13,15-16,41,43,47-49,51-54,56-57,59-61H,3-4,6,8,11,14,17-40,42,44-46H2,1-2H3,(H,55,58)/b7-5-,10-9-,13-12-,16-15-,43-41+. The van der Waals surface area contributed by atoms with Crippen LogP contribution in [0.15, 0.2) is 60.8 Å². The lowest BCUT2D eigenvalue weighted by atomic mass is 9.99. The molecule has 9 heteroatoms. The van der Waals surface area contributed by atoms with Gasteiger partial charge in [0.15, 0.2) is 6.29 Å². The lowest BCUT2D eigenvalue weighted by Crippen LogP contribution is -2.60. The van der Waals surface area contributed by atoms with Gasteiger partial charge >= 0.3 is 0 Å². The fourth-order valence-electron chi connectivity index (χ4n) is 7.98. The summed E-state index contributed by atoms with van der Waals surface area (Å²) in [6, 6.07) is -0.799. The fraction of sp³-hybridized carbons (Fsp3) is 0.796. The minimum absolute atomic E-state index is 0.187. The van der Waals surface area contributed by atoms with Gasteiger partial charge in [0.1, 0.15) is 24.4 Å². The number of unbranched alkanes of at least 4 members (excludes halogenated alkanes) is 25. The van der Waals surface area contributed by atoms with Crippen LogP contribution >= 0.6 is 0 Å². The number of nitrogens with one attached hydrogen (secondary N) is 1. The summed E-state index contributed by atoms with van der Waals surface area (Å²) in [5.74, 6) is -0.187. The van der Waals surface area contributed by atoms with Crippen LogP contribution in [-0.2, 0) is 14.3 Å². The number of aliphatic hydroxyl groups excluding tert-OH is 5. The summed E-state index contributed by atoms with van der Waals surface area (Å²) in [7, 11) is 0. The average Bonchev–Trinajstić information content (AvgIpc) is 3.28. The highest BCUT2D eigenvalue weighted by Gasteiger charge is 2.44. The first-order valence-corrected chi connectivity index (χ1v) is 26.0. The molecule has 1 fully saturated rings. The van der Waals surface area contributed by atoms with Gasteiger partial charge in [-0.25, -0.2) is 0 Å². The van der Waals surface area contributed by atoms with Crippen molar-refractivity contribution < 1.29 is 39.8 Å². The van der Waals surface area contributed by atoms with E-state index in [9.17, 15) is 30.3 Å². The summed E-state index contributed by atoms with van der Waals surface area (Å²) in [5, 5.41) is 53.5. The van der Waals surface area contributed by atoms with Gasteiger partial charge in [-0.05, 0) is 51.4 Å². The van der Waals surface area contributed by atoms with E-state index >= 15 is 0 Å². The highest BCUT2D eigenvalue weighted by atomic mass is 16.7. The van der Waals surface area contributed by atoms with E-state index in [0.29, 0.717) is 6.42 Å². The minimum Gasteiger partial charge on any atom is -0.394 e. The fourth-order valence-corrected chi connectivity index (χ4v) is 7.98. The smallest absolute Gasteiger partial charge is 0.220 e. The van der Waals surface area contributed by atoms with Crippen LogP contribution in [0, 0.1) is 0 Å². The van der Waals surface area contributed by atoms with Crippen molar-refractivity contribution >= 4 is 5.91 Å². The summed E-state index contributed by atoms with van der Waals surface area (Å²) in [4.78, 5) is 12.8. The second-order valence-corrected chi connectivity index (χ2v) is 17.9. The van der Waals surface area contributed by atoms with Crippen LogP contribution in [0.2, 0.25) is 0 Å². The Bertz CT molecular complexity index is 1170. The van der Waals surface area contributed by atoms with E-state index in [1.807, 2.05) is 13.0 Å². The molecule has 366 valence electrons. The molecule has 7 unspecified atom stereocenters. The number of carbonyl (C=O) groups excluding carboxylic acids is 1. The number of rotatable bonds is 43. The van der Waals surface area contributed by atoms with Crippen LogP contribution < -0.4 is 5.32 Å². The normalized spacial score (nSPS) is 20.7. The van der Waals surface area contributed by atoms with E-state index in [2.05, 4.69) is 60.8 Å². The third kappa shape index (κ3) is 33.9. The lowest BCUT2D eigenvalue weighted by molar-refractivity contribution is -0.302. The molecule has 0 spiro atoms. The Morgan fingerprint density at radius 2 is 0.984 bits per heavy atom. The van der Waals surface area contributed by atoms with Crippen LogP contribution in [0.1, 0.15) is 219 Å². The van der Waals surface area contributed by atoms with E-state index in [4.69, 9.17) is 9.47 Å². The quantitative estimate of drug-likeness (QED) is 0.0262. The van der Waals surface area contributed by atoms with Crippen LogP contribution in [0.4, 0.5) is 0 Å². The van der Waals surface area contributed by atoms with Gasteiger partial charge in [0.05, 0.1) is 25.4 Å². The number of carbonyl (C=O) groups is 1. The van der Waals surface area contributed by atoms with Crippen molar-refractivity contribution in [3.05, 3.63) is 60.8 Å². The molecule has 0 aromatic carbocycles. The second-order valence-electron chi connectivity index (χ2n) is 17.9. The first-order valence-electron chi connectivity index (χ1n) is 26.0. The van der Waals surface area contributed by atoms with Gasteiger partial charge in [0, 0.05) is 6.42 Å². The van der Waals surface area contributed by atoms with Crippen molar-refractivity contribution in [2.45, 2.75) is 262 Å². The third-order valence-corrected chi connectivity index (χ3v) is 12.1. The molecule has 1 aliphatic heterocycles. The van der Waals surface area contributed by atoms with Gasteiger partial charge in [0.2, 0.25) is 5.91 Å².